The average molecular weight is 521 g/mol. The summed E-state index contributed by atoms with van der Waals surface area (Å²) in [6.07, 6.45) is 3.35. The van der Waals surface area contributed by atoms with Crippen molar-refractivity contribution in [1.82, 2.24) is 25.2 Å². The summed E-state index contributed by atoms with van der Waals surface area (Å²) in [6.45, 7) is 5.54. The number of nitrogens with zero attached hydrogens (tertiary/aromatic N) is 4. The van der Waals surface area contributed by atoms with Crippen molar-refractivity contribution in [3.8, 4) is 11.3 Å². The molecule has 2 aliphatic heterocycles. The van der Waals surface area contributed by atoms with E-state index in [0.717, 1.165) is 35.4 Å². The Morgan fingerprint density at radius 3 is 2.81 bits per heavy atom. The van der Waals surface area contributed by atoms with E-state index in [0.29, 0.717) is 42.0 Å². The third kappa shape index (κ3) is 5.73. The maximum absolute atomic E-state index is 13.2. The van der Waals surface area contributed by atoms with Gasteiger partial charge in [-0.1, -0.05) is 29.8 Å². The molecule has 0 aliphatic carbocycles. The van der Waals surface area contributed by atoms with Gasteiger partial charge in [-0.2, -0.15) is 0 Å². The number of aryl methyl sites for hydroxylation is 1. The standard InChI is InChI=1S/C27H29ClN6O3/c1-16-4-3-5-23(30-16)17(2)31-24(35)15-34-14-19-7-6-18(12-21(19)26(34)36)25-22(28)13-29-27(33-25)32-20-8-10-37-11-9-20/h3-7,12-13,17,20H,8-11,14-15H2,1-2H3,(H,31,35)(H,29,32,33). The van der Waals surface area contributed by atoms with Crippen LogP contribution in [0, 0.1) is 6.92 Å². The topological polar surface area (TPSA) is 109 Å². The van der Waals surface area contributed by atoms with E-state index in [1.54, 1.807) is 17.2 Å². The molecule has 4 heterocycles. The lowest BCUT2D eigenvalue weighted by atomic mass is 10.0. The van der Waals surface area contributed by atoms with E-state index in [-0.39, 0.29) is 30.4 Å². The third-order valence-corrected chi connectivity index (χ3v) is 6.90. The van der Waals surface area contributed by atoms with Gasteiger partial charge in [-0.15, -0.1) is 0 Å². The number of nitrogens with one attached hydrogen (secondary N) is 2. The molecule has 1 atom stereocenters. The summed E-state index contributed by atoms with van der Waals surface area (Å²) in [5.41, 5.74) is 4.35. The minimum atomic E-state index is -0.261. The fraction of sp³-hybridized carbons (Fsp3) is 0.370. The van der Waals surface area contributed by atoms with Crippen LogP contribution in [0.15, 0.2) is 42.6 Å². The highest BCUT2D eigenvalue weighted by molar-refractivity contribution is 6.33. The van der Waals surface area contributed by atoms with E-state index < -0.39 is 0 Å². The first kappa shape index (κ1) is 25.1. The van der Waals surface area contributed by atoms with E-state index in [1.807, 2.05) is 44.2 Å². The molecule has 9 nitrogen and oxygen atoms in total. The molecule has 2 N–H and O–H groups in total. The van der Waals surface area contributed by atoms with Crippen molar-refractivity contribution in [2.75, 3.05) is 25.1 Å². The highest BCUT2D eigenvalue weighted by Gasteiger charge is 2.30. The molecule has 1 fully saturated rings. The van der Waals surface area contributed by atoms with Gasteiger partial charge < -0.3 is 20.3 Å². The summed E-state index contributed by atoms with van der Waals surface area (Å²) in [4.78, 5) is 40.8. The molecular weight excluding hydrogens is 492 g/mol. The lowest BCUT2D eigenvalue weighted by Crippen LogP contribution is -2.38. The summed E-state index contributed by atoms with van der Waals surface area (Å²) in [5, 5.41) is 6.69. The Kier molecular flexibility index (Phi) is 7.34. The SMILES string of the molecule is Cc1cccc(C(C)NC(=O)CN2Cc3ccc(-c4nc(NC5CCOCC5)ncc4Cl)cc3C2=O)n1. The number of halogens is 1. The van der Waals surface area contributed by atoms with E-state index in [2.05, 4.69) is 25.6 Å². The fourth-order valence-electron chi connectivity index (χ4n) is 4.64. The van der Waals surface area contributed by atoms with Crippen molar-refractivity contribution >= 4 is 29.4 Å². The number of carbonyl (C=O) groups excluding carboxylic acids is 2. The van der Waals surface area contributed by atoms with Gasteiger partial charge in [-0.25, -0.2) is 9.97 Å². The lowest BCUT2D eigenvalue weighted by molar-refractivity contribution is -0.122. The number of rotatable bonds is 7. The van der Waals surface area contributed by atoms with Crippen LogP contribution in [-0.2, 0) is 16.1 Å². The molecule has 192 valence electrons. The minimum Gasteiger partial charge on any atom is -0.381 e. The Morgan fingerprint density at radius 1 is 1.22 bits per heavy atom. The molecular formula is C27H29ClN6O3. The molecule has 2 amide bonds. The van der Waals surface area contributed by atoms with E-state index in [4.69, 9.17) is 16.3 Å². The van der Waals surface area contributed by atoms with Gasteiger partial charge >= 0.3 is 0 Å². The van der Waals surface area contributed by atoms with Crippen LogP contribution in [0.3, 0.4) is 0 Å². The number of pyridine rings is 1. The molecule has 0 bridgehead atoms. The molecule has 0 spiro atoms. The molecule has 1 aromatic carbocycles. The van der Waals surface area contributed by atoms with Gasteiger partial charge in [0.25, 0.3) is 5.91 Å². The Bertz CT molecular complexity index is 1330. The molecule has 3 aromatic rings. The zero-order valence-electron chi connectivity index (χ0n) is 20.8. The van der Waals surface area contributed by atoms with Gasteiger partial charge in [0.1, 0.15) is 6.54 Å². The van der Waals surface area contributed by atoms with Crippen LogP contribution in [0.25, 0.3) is 11.3 Å². The second kappa shape index (κ2) is 10.8. The number of hydrogen-bond acceptors (Lipinski definition) is 7. The Balaban J connectivity index is 1.27. The molecule has 1 unspecified atom stereocenters. The molecule has 2 aromatic heterocycles. The molecule has 0 saturated carbocycles. The number of ether oxygens (including phenoxy) is 1. The van der Waals surface area contributed by atoms with Crippen molar-refractivity contribution in [2.24, 2.45) is 0 Å². The van der Waals surface area contributed by atoms with Crippen LogP contribution >= 0.6 is 11.6 Å². The van der Waals surface area contributed by atoms with Gasteiger partial charge in [-0.3, -0.25) is 14.6 Å². The largest absolute Gasteiger partial charge is 0.381 e. The molecule has 1 saturated heterocycles. The number of anilines is 1. The molecule has 2 aliphatic rings. The predicted octanol–water partition coefficient (Wildman–Crippen LogP) is 3.92. The first-order valence-electron chi connectivity index (χ1n) is 12.4. The van der Waals surface area contributed by atoms with Crippen LogP contribution in [0.1, 0.15) is 53.1 Å². The molecule has 37 heavy (non-hydrogen) atoms. The normalized spacial score (nSPS) is 16.4. The summed E-state index contributed by atoms with van der Waals surface area (Å²) >= 11 is 6.44. The monoisotopic (exact) mass is 520 g/mol. The fourth-order valence-corrected chi connectivity index (χ4v) is 4.84. The molecule has 5 rings (SSSR count). The van der Waals surface area contributed by atoms with Crippen molar-refractivity contribution in [1.29, 1.82) is 0 Å². The van der Waals surface area contributed by atoms with Crippen molar-refractivity contribution in [3.63, 3.8) is 0 Å². The summed E-state index contributed by atoms with van der Waals surface area (Å²) in [5.74, 6) is 0.0626. The molecule has 0 radical (unpaired) electrons. The lowest BCUT2D eigenvalue weighted by Gasteiger charge is -2.23. The number of aromatic nitrogens is 3. The van der Waals surface area contributed by atoms with Crippen molar-refractivity contribution in [3.05, 3.63) is 70.1 Å². The number of benzene rings is 1. The summed E-state index contributed by atoms with van der Waals surface area (Å²) < 4.78 is 5.41. The quantitative estimate of drug-likeness (QED) is 0.486. The van der Waals surface area contributed by atoms with Crippen LogP contribution in [0.4, 0.5) is 5.95 Å². The highest BCUT2D eigenvalue weighted by Crippen LogP contribution is 2.31. The van der Waals surface area contributed by atoms with Gasteiger partial charge in [0, 0.05) is 42.6 Å². The average Bonchev–Trinajstić information content (AvgIpc) is 3.20. The number of amides is 2. The first-order chi connectivity index (χ1) is 17.9. The minimum absolute atomic E-state index is 0.0353. The Labute approximate surface area is 220 Å². The Hall–Kier alpha value is -3.56. The van der Waals surface area contributed by atoms with Crippen LogP contribution < -0.4 is 10.6 Å². The highest BCUT2D eigenvalue weighted by atomic mass is 35.5. The second-order valence-corrected chi connectivity index (χ2v) is 9.85. The maximum atomic E-state index is 13.2. The number of fused-ring (bicyclic) bond motifs is 1. The van der Waals surface area contributed by atoms with Gasteiger partial charge in [0.2, 0.25) is 11.9 Å². The zero-order chi connectivity index (χ0) is 25.9. The summed E-state index contributed by atoms with van der Waals surface area (Å²) in [7, 11) is 0. The van der Waals surface area contributed by atoms with Gasteiger partial charge in [0.05, 0.1) is 28.6 Å². The third-order valence-electron chi connectivity index (χ3n) is 6.63. The Morgan fingerprint density at radius 2 is 2.03 bits per heavy atom. The smallest absolute Gasteiger partial charge is 0.254 e. The van der Waals surface area contributed by atoms with Crippen LogP contribution in [-0.4, -0.2) is 57.5 Å². The maximum Gasteiger partial charge on any atom is 0.254 e. The van der Waals surface area contributed by atoms with Crippen molar-refractivity contribution in [2.45, 2.75) is 45.3 Å². The first-order valence-corrected chi connectivity index (χ1v) is 12.8. The van der Waals surface area contributed by atoms with Crippen molar-refractivity contribution < 1.29 is 14.3 Å². The van der Waals surface area contributed by atoms with Gasteiger partial charge in [-0.05, 0) is 50.5 Å². The number of hydrogen-bond donors (Lipinski definition) is 2. The molecule has 10 heteroatoms. The van der Waals surface area contributed by atoms with Gasteiger partial charge in [0.15, 0.2) is 0 Å². The summed E-state index contributed by atoms with van der Waals surface area (Å²) in [6, 6.07) is 11.3. The van der Waals surface area contributed by atoms with E-state index >= 15 is 0 Å². The zero-order valence-corrected chi connectivity index (χ0v) is 21.6. The second-order valence-electron chi connectivity index (χ2n) is 9.45. The van der Waals surface area contributed by atoms with E-state index in [9.17, 15) is 9.59 Å². The van der Waals surface area contributed by atoms with Crippen LogP contribution in [0.5, 0.6) is 0 Å². The van der Waals surface area contributed by atoms with E-state index in [1.165, 1.54) is 0 Å². The van der Waals surface area contributed by atoms with Crippen LogP contribution in [0.2, 0.25) is 5.02 Å². The number of carbonyl (C=O) groups is 2. The predicted molar refractivity (Wildman–Crippen MR) is 140 cm³/mol.